The fourth-order valence-corrected chi connectivity index (χ4v) is 2.10. The van der Waals surface area contributed by atoms with Crippen LogP contribution in [0.4, 0.5) is 4.39 Å². The third-order valence-corrected chi connectivity index (χ3v) is 3.59. The summed E-state index contributed by atoms with van der Waals surface area (Å²) in [4.78, 5) is 0. The first-order chi connectivity index (χ1) is 9.63. The summed E-state index contributed by atoms with van der Waals surface area (Å²) in [5, 5.41) is 4.56. The molecule has 0 aliphatic heterocycles. The number of hydrogen-bond donors (Lipinski definition) is 2. The van der Waals surface area contributed by atoms with E-state index in [-0.39, 0.29) is 11.9 Å². The molecule has 0 aliphatic rings. The summed E-state index contributed by atoms with van der Waals surface area (Å²) in [6, 6.07) is 8.68. The molecule has 0 fully saturated rings. The van der Waals surface area contributed by atoms with E-state index in [1.165, 1.54) is 12.1 Å². The molecule has 2 atom stereocenters. The maximum Gasteiger partial charge on any atom is 0.123 e. The van der Waals surface area contributed by atoms with Crippen LogP contribution in [0, 0.1) is 5.82 Å². The second-order valence-electron chi connectivity index (χ2n) is 5.02. The first-order valence-corrected chi connectivity index (χ1v) is 6.89. The van der Waals surface area contributed by atoms with Crippen molar-refractivity contribution in [1.82, 2.24) is 15.2 Å². The highest BCUT2D eigenvalue weighted by Crippen LogP contribution is 2.18. The van der Waals surface area contributed by atoms with E-state index >= 15 is 0 Å². The van der Waals surface area contributed by atoms with E-state index in [0.717, 1.165) is 17.7 Å². The van der Waals surface area contributed by atoms with Crippen LogP contribution in [0.15, 0.2) is 36.5 Å². The molecular weight excluding hydrogens is 255 g/mol. The van der Waals surface area contributed by atoms with Gasteiger partial charge in [0.2, 0.25) is 0 Å². The second-order valence-corrected chi connectivity index (χ2v) is 5.02. The standard InChI is InChI=1S/C15H21FN4/c1-3-11(2)20-9-8-14(19-20)10-15(18-17)12-4-6-13(16)7-5-12/h4-9,11,15,18H,3,10,17H2,1-2H3. The highest BCUT2D eigenvalue weighted by Gasteiger charge is 2.13. The molecular formula is C15H21FN4. The minimum atomic E-state index is -0.245. The lowest BCUT2D eigenvalue weighted by Gasteiger charge is -2.15. The molecule has 4 nitrogen and oxygen atoms in total. The minimum Gasteiger partial charge on any atom is -0.271 e. The van der Waals surface area contributed by atoms with E-state index in [0.29, 0.717) is 12.5 Å². The van der Waals surface area contributed by atoms with Gasteiger partial charge in [-0.2, -0.15) is 5.10 Å². The van der Waals surface area contributed by atoms with Crippen LogP contribution in [-0.4, -0.2) is 9.78 Å². The Morgan fingerprint density at radius 3 is 2.60 bits per heavy atom. The van der Waals surface area contributed by atoms with Crippen molar-refractivity contribution in [1.29, 1.82) is 0 Å². The summed E-state index contributed by atoms with van der Waals surface area (Å²) >= 11 is 0. The Labute approximate surface area is 118 Å². The number of nitrogens with two attached hydrogens (primary N) is 1. The molecule has 1 heterocycles. The zero-order valence-electron chi connectivity index (χ0n) is 11.9. The van der Waals surface area contributed by atoms with E-state index in [1.54, 1.807) is 12.1 Å². The molecule has 5 heteroatoms. The van der Waals surface area contributed by atoms with Crippen LogP contribution in [0.5, 0.6) is 0 Å². The van der Waals surface area contributed by atoms with Gasteiger partial charge < -0.3 is 0 Å². The molecule has 3 N–H and O–H groups in total. The number of nitrogens with one attached hydrogen (secondary N) is 1. The number of halogens is 1. The van der Waals surface area contributed by atoms with Gasteiger partial charge in [0.1, 0.15) is 5.82 Å². The number of benzene rings is 1. The van der Waals surface area contributed by atoms with Crippen molar-refractivity contribution in [2.45, 2.75) is 38.8 Å². The highest BCUT2D eigenvalue weighted by molar-refractivity contribution is 5.21. The molecule has 2 unspecified atom stereocenters. The maximum atomic E-state index is 12.9. The molecule has 0 amide bonds. The number of nitrogens with zero attached hydrogens (tertiary/aromatic N) is 2. The molecule has 20 heavy (non-hydrogen) atoms. The summed E-state index contributed by atoms with van der Waals surface area (Å²) in [6.45, 7) is 4.27. The Bertz CT molecular complexity index is 535. The topological polar surface area (TPSA) is 55.9 Å². The third-order valence-electron chi connectivity index (χ3n) is 3.59. The van der Waals surface area contributed by atoms with Gasteiger partial charge in [-0.15, -0.1) is 0 Å². The van der Waals surface area contributed by atoms with Crippen molar-refractivity contribution in [3.8, 4) is 0 Å². The minimum absolute atomic E-state index is 0.0733. The van der Waals surface area contributed by atoms with Crippen LogP contribution in [0.3, 0.4) is 0 Å². The van der Waals surface area contributed by atoms with E-state index in [4.69, 9.17) is 5.84 Å². The first-order valence-electron chi connectivity index (χ1n) is 6.89. The molecule has 0 saturated heterocycles. The number of aromatic nitrogens is 2. The van der Waals surface area contributed by atoms with Gasteiger partial charge in [-0.3, -0.25) is 16.0 Å². The molecule has 0 aliphatic carbocycles. The number of hydrogen-bond acceptors (Lipinski definition) is 3. The Morgan fingerprint density at radius 1 is 1.30 bits per heavy atom. The number of hydrazine groups is 1. The van der Waals surface area contributed by atoms with E-state index in [9.17, 15) is 4.39 Å². The maximum absolute atomic E-state index is 12.9. The quantitative estimate of drug-likeness (QED) is 0.630. The molecule has 0 radical (unpaired) electrons. The summed E-state index contributed by atoms with van der Waals surface area (Å²) in [6.07, 6.45) is 3.70. The van der Waals surface area contributed by atoms with Crippen LogP contribution >= 0.6 is 0 Å². The molecule has 0 bridgehead atoms. The molecule has 0 saturated carbocycles. The molecule has 2 rings (SSSR count). The Morgan fingerprint density at radius 2 is 2.00 bits per heavy atom. The van der Waals surface area contributed by atoms with E-state index < -0.39 is 0 Å². The van der Waals surface area contributed by atoms with Gasteiger partial charge >= 0.3 is 0 Å². The third kappa shape index (κ3) is 3.43. The van der Waals surface area contributed by atoms with E-state index in [1.807, 2.05) is 16.9 Å². The predicted molar refractivity (Wildman–Crippen MR) is 77.4 cm³/mol. The Hall–Kier alpha value is -1.72. The fourth-order valence-electron chi connectivity index (χ4n) is 2.10. The monoisotopic (exact) mass is 276 g/mol. The average molecular weight is 276 g/mol. The lowest BCUT2D eigenvalue weighted by atomic mass is 10.0. The zero-order valence-corrected chi connectivity index (χ0v) is 11.9. The number of rotatable bonds is 6. The van der Waals surface area contributed by atoms with Gasteiger partial charge in [0, 0.05) is 18.7 Å². The molecule has 2 aromatic rings. The second kappa shape index (κ2) is 6.63. The van der Waals surface area contributed by atoms with Crippen LogP contribution in [-0.2, 0) is 6.42 Å². The molecule has 1 aromatic carbocycles. The summed E-state index contributed by atoms with van der Waals surface area (Å²) in [7, 11) is 0. The van der Waals surface area contributed by atoms with Gasteiger partial charge in [-0.25, -0.2) is 4.39 Å². The molecule has 108 valence electrons. The van der Waals surface area contributed by atoms with Crippen LogP contribution < -0.4 is 11.3 Å². The summed E-state index contributed by atoms with van der Waals surface area (Å²) in [5.74, 6) is 5.36. The van der Waals surface area contributed by atoms with Crippen LogP contribution in [0.1, 0.15) is 43.6 Å². The lowest BCUT2D eigenvalue weighted by molar-refractivity contribution is 0.467. The van der Waals surface area contributed by atoms with Gasteiger partial charge in [-0.1, -0.05) is 19.1 Å². The first kappa shape index (κ1) is 14.7. The highest BCUT2D eigenvalue weighted by atomic mass is 19.1. The average Bonchev–Trinajstić information content (AvgIpc) is 2.93. The SMILES string of the molecule is CCC(C)n1ccc(CC(NN)c2ccc(F)cc2)n1. The molecule has 1 aromatic heterocycles. The van der Waals surface area contributed by atoms with Crippen LogP contribution in [0.2, 0.25) is 0 Å². The Balaban J connectivity index is 2.10. The van der Waals surface area contributed by atoms with Crippen LogP contribution in [0.25, 0.3) is 0 Å². The molecule has 0 spiro atoms. The van der Waals surface area contributed by atoms with Crippen molar-refractivity contribution in [2.24, 2.45) is 5.84 Å². The summed E-state index contributed by atoms with van der Waals surface area (Å²) in [5.41, 5.74) is 4.69. The van der Waals surface area contributed by atoms with Gasteiger partial charge in [0.25, 0.3) is 0 Å². The van der Waals surface area contributed by atoms with Gasteiger partial charge in [0.05, 0.1) is 11.7 Å². The van der Waals surface area contributed by atoms with Gasteiger partial charge in [-0.05, 0) is 37.1 Å². The normalized spacial score (nSPS) is 14.2. The lowest BCUT2D eigenvalue weighted by Crippen LogP contribution is -2.29. The smallest absolute Gasteiger partial charge is 0.123 e. The Kier molecular flexibility index (Phi) is 4.87. The van der Waals surface area contributed by atoms with E-state index in [2.05, 4.69) is 24.4 Å². The van der Waals surface area contributed by atoms with Crippen molar-refractivity contribution < 1.29 is 4.39 Å². The predicted octanol–water partition coefficient (Wildman–Crippen LogP) is 2.74. The summed E-state index contributed by atoms with van der Waals surface area (Å²) < 4.78 is 14.9. The van der Waals surface area contributed by atoms with Crippen molar-refractivity contribution in [2.75, 3.05) is 0 Å². The van der Waals surface area contributed by atoms with Gasteiger partial charge in [0.15, 0.2) is 0 Å². The largest absolute Gasteiger partial charge is 0.271 e. The zero-order chi connectivity index (χ0) is 14.5. The van der Waals surface area contributed by atoms with Crippen molar-refractivity contribution in [3.63, 3.8) is 0 Å². The van der Waals surface area contributed by atoms with Crippen molar-refractivity contribution in [3.05, 3.63) is 53.6 Å². The van der Waals surface area contributed by atoms with Crippen molar-refractivity contribution >= 4 is 0 Å². The fraction of sp³-hybridized carbons (Fsp3) is 0.400.